The van der Waals surface area contributed by atoms with Gasteiger partial charge in [-0.2, -0.15) is 8.42 Å². The van der Waals surface area contributed by atoms with E-state index in [9.17, 15) is 8.42 Å². The minimum absolute atomic E-state index is 0.0300. The summed E-state index contributed by atoms with van der Waals surface area (Å²) < 4.78 is 26.4. The first-order valence-electron chi connectivity index (χ1n) is 4.59. The lowest BCUT2D eigenvalue weighted by Gasteiger charge is -2.14. The fourth-order valence-corrected chi connectivity index (χ4v) is 2.51. The van der Waals surface area contributed by atoms with Crippen LogP contribution in [0.2, 0.25) is 10.0 Å². The summed E-state index contributed by atoms with van der Waals surface area (Å²) in [5.74, 6) is -0.184. The Morgan fingerprint density at radius 1 is 1.31 bits per heavy atom. The van der Waals surface area contributed by atoms with Crippen LogP contribution in [-0.2, 0) is 14.3 Å². The van der Waals surface area contributed by atoms with Gasteiger partial charge in [0.25, 0.3) is 10.1 Å². The lowest BCUT2D eigenvalue weighted by molar-refractivity contribution is 0.301. The standard InChI is InChI=1S/C10H12Cl2O3S/c1-7(6-15-16(2,13)14)10-8(11)4-3-5-9(10)12/h3-5,7H,6H2,1-2H3. The smallest absolute Gasteiger partial charge is 0.264 e. The van der Waals surface area contributed by atoms with E-state index in [4.69, 9.17) is 27.4 Å². The molecule has 0 fully saturated rings. The third kappa shape index (κ3) is 3.94. The molecule has 0 aliphatic heterocycles. The van der Waals surface area contributed by atoms with Crippen molar-refractivity contribution in [3.05, 3.63) is 33.8 Å². The molecule has 1 atom stereocenters. The van der Waals surface area contributed by atoms with Gasteiger partial charge in [-0.1, -0.05) is 36.2 Å². The summed E-state index contributed by atoms with van der Waals surface area (Å²) in [7, 11) is -3.44. The van der Waals surface area contributed by atoms with Crippen molar-refractivity contribution in [3.63, 3.8) is 0 Å². The van der Waals surface area contributed by atoms with E-state index in [1.54, 1.807) is 25.1 Å². The molecule has 0 aliphatic carbocycles. The number of hydrogen-bond acceptors (Lipinski definition) is 3. The van der Waals surface area contributed by atoms with Gasteiger partial charge in [0.15, 0.2) is 0 Å². The normalized spacial score (nSPS) is 13.8. The monoisotopic (exact) mass is 282 g/mol. The molecule has 0 spiro atoms. The molecule has 3 nitrogen and oxygen atoms in total. The molecule has 0 radical (unpaired) electrons. The van der Waals surface area contributed by atoms with E-state index < -0.39 is 10.1 Å². The maximum Gasteiger partial charge on any atom is 0.264 e. The van der Waals surface area contributed by atoms with Crippen molar-refractivity contribution in [2.45, 2.75) is 12.8 Å². The van der Waals surface area contributed by atoms with Crippen LogP contribution in [0.3, 0.4) is 0 Å². The summed E-state index contributed by atoms with van der Waals surface area (Å²) in [6, 6.07) is 5.15. The average Bonchev–Trinajstić information content (AvgIpc) is 2.13. The molecule has 0 heterocycles. The van der Waals surface area contributed by atoms with Crippen LogP contribution in [0, 0.1) is 0 Å². The zero-order valence-corrected chi connectivity index (χ0v) is 11.2. The van der Waals surface area contributed by atoms with Gasteiger partial charge in [-0.05, 0) is 17.7 Å². The van der Waals surface area contributed by atoms with E-state index in [2.05, 4.69) is 0 Å². The number of halogens is 2. The quantitative estimate of drug-likeness (QED) is 0.797. The van der Waals surface area contributed by atoms with Crippen LogP contribution in [0.4, 0.5) is 0 Å². The van der Waals surface area contributed by atoms with Crippen LogP contribution in [0.15, 0.2) is 18.2 Å². The van der Waals surface area contributed by atoms with Crippen molar-refractivity contribution in [1.29, 1.82) is 0 Å². The SMILES string of the molecule is CC(COS(C)(=O)=O)c1c(Cl)cccc1Cl. The second-order valence-corrected chi connectivity index (χ2v) is 5.98. The Hall–Kier alpha value is -0.290. The first-order chi connectivity index (χ1) is 7.31. The van der Waals surface area contributed by atoms with Crippen molar-refractivity contribution in [1.82, 2.24) is 0 Å². The first kappa shape index (κ1) is 13.8. The minimum Gasteiger partial charge on any atom is -0.270 e. The zero-order chi connectivity index (χ0) is 12.3. The summed E-state index contributed by atoms with van der Waals surface area (Å²) in [6.07, 6.45) is 1.01. The molecule has 0 aromatic heterocycles. The highest BCUT2D eigenvalue weighted by Crippen LogP contribution is 2.31. The van der Waals surface area contributed by atoms with Gasteiger partial charge in [0.05, 0.1) is 12.9 Å². The predicted octanol–water partition coefficient (Wildman–Crippen LogP) is 3.07. The number of rotatable bonds is 4. The third-order valence-electron chi connectivity index (χ3n) is 2.02. The third-order valence-corrected chi connectivity index (χ3v) is 3.25. The lowest BCUT2D eigenvalue weighted by atomic mass is 10.0. The number of benzene rings is 1. The van der Waals surface area contributed by atoms with Crippen LogP contribution in [0.25, 0.3) is 0 Å². The Labute approximate surface area is 105 Å². The Kier molecular flexibility index (Phi) is 4.62. The molecule has 0 N–H and O–H groups in total. The molecule has 1 aromatic carbocycles. The van der Waals surface area contributed by atoms with Gasteiger partial charge in [-0.25, -0.2) is 0 Å². The zero-order valence-electron chi connectivity index (χ0n) is 8.91. The van der Waals surface area contributed by atoms with E-state index in [0.29, 0.717) is 15.6 Å². The van der Waals surface area contributed by atoms with E-state index >= 15 is 0 Å². The molecule has 1 aromatic rings. The van der Waals surface area contributed by atoms with Gasteiger partial charge in [0.2, 0.25) is 0 Å². The number of hydrogen-bond donors (Lipinski definition) is 0. The van der Waals surface area contributed by atoms with Crippen LogP contribution < -0.4 is 0 Å². The van der Waals surface area contributed by atoms with Crippen molar-refractivity contribution < 1.29 is 12.6 Å². The summed E-state index contributed by atoms with van der Waals surface area (Å²) >= 11 is 12.0. The topological polar surface area (TPSA) is 43.4 Å². The van der Waals surface area contributed by atoms with Crippen LogP contribution in [-0.4, -0.2) is 21.3 Å². The molecule has 90 valence electrons. The van der Waals surface area contributed by atoms with Crippen molar-refractivity contribution in [2.75, 3.05) is 12.9 Å². The van der Waals surface area contributed by atoms with Crippen molar-refractivity contribution in [3.8, 4) is 0 Å². The molecular weight excluding hydrogens is 271 g/mol. The van der Waals surface area contributed by atoms with Gasteiger partial charge in [-0.15, -0.1) is 0 Å². The largest absolute Gasteiger partial charge is 0.270 e. The summed E-state index contributed by atoms with van der Waals surface area (Å²) in [5.41, 5.74) is 0.703. The maximum absolute atomic E-state index is 10.8. The van der Waals surface area contributed by atoms with Gasteiger partial charge in [0.1, 0.15) is 0 Å². The molecule has 0 amide bonds. The Balaban J connectivity index is 2.85. The molecule has 6 heteroatoms. The van der Waals surface area contributed by atoms with Crippen LogP contribution in [0.1, 0.15) is 18.4 Å². The highest BCUT2D eigenvalue weighted by Gasteiger charge is 2.15. The maximum atomic E-state index is 10.8. The van der Waals surface area contributed by atoms with E-state index in [1.807, 2.05) is 0 Å². The van der Waals surface area contributed by atoms with Crippen molar-refractivity contribution in [2.24, 2.45) is 0 Å². The summed E-state index contributed by atoms with van der Waals surface area (Å²) in [6.45, 7) is 1.83. The van der Waals surface area contributed by atoms with Crippen LogP contribution in [0.5, 0.6) is 0 Å². The average molecular weight is 283 g/mol. The highest BCUT2D eigenvalue weighted by atomic mass is 35.5. The fraction of sp³-hybridized carbons (Fsp3) is 0.400. The highest BCUT2D eigenvalue weighted by molar-refractivity contribution is 7.85. The minimum atomic E-state index is -3.44. The predicted molar refractivity (Wildman–Crippen MR) is 65.7 cm³/mol. The van der Waals surface area contributed by atoms with E-state index in [0.717, 1.165) is 6.26 Å². The second-order valence-electron chi connectivity index (χ2n) is 3.53. The van der Waals surface area contributed by atoms with Gasteiger partial charge < -0.3 is 0 Å². The van der Waals surface area contributed by atoms with E-state index in [1.165, 1.54) is 0 Å². The fourth-order valence-electron chi connectivity index (χ4n) is 1.29. The molecule has 0 saturated heterocycles. The lowest BCUT2D eigenvalue weighted by Crippen LogP contribution is -2.10. The Morgan fingerprint density at radius 2 is 1.81 bits per heavy atom. The molecule has 0 bridgehead atoms. The summed E-state index contributed by atoms with van der Waals surface area (Å²) in [4.78, 5) is 0. The van der Waals surface area contributed by atoms with Gasteiger partial charge >= 0.3 is 0 Å². The molecule has 16 heavy (non-hydrogen) atoms. The Bertz CT molecular complexity index is 451. The second kappa shape index (κ2) is 5.36. The first-order valence-corrected chi connectivity index (χ1v) is 7.17. The molecule has 1 unspecified atom stereocenters. The summed E-state index contributed by atoms with van der Waals surface area (Å²) in [5, 5.41) is 1.02. The molecule has 1 rings (SSSR count). The van der Waals surface area contributed by atoms with Gasteiger partial charge in [-0.3, -0.25) is 4.18 Å². The Morgan fingerprint density at radius 3 is 2.25 bits per heavy atom. The molecular formula is C10H12Cl2O3S. The van der Waals surface area contributed by atoms with E-state index in [-0.39, 0.29) is 12.5 Å². The molecule has 0 aliphatic rings. The van der Waals surface area contributed by atoms with Crippen molar-refractivity contribution >= 4 is 33.3 Å². The van der Waals surface area contributed by atoms with Gasteiger partial charge in [0, 0.05) is 16.0 Å². The molecule has 0 saturated carbocycles. The van der Waals surface area contributed by atoms with Crippen LogP contribution >= 0.6 is 23.2 Å².